The largest absolute Gasteiger partial charge is 0.467 e. The number of nitrogens with one attached hydrogen (secondary N) is 1. The van der Waals surface area contributed by atoms with Crippen molar-refractivity contribution in [2.75, 3.05) is 12.4 Å². The van der Waals surface area contributed by atoms with Gasteiger partial charge in [-0.25, -0.2) is 4.79 Å². The fourth-order valence-electron chi connectivity index (χ4n) is 1.71. The molecule has 0 fully saturated rings. The van der Waals surface area contributed by atoms with E-state index in [1.807, 2.05) is 38.1 Å². The summed E-state index contributed by atoms with van der Waals surface area (Å²) in [5.41, 5.74) is 2.13. The van der Waals surface area contributed by atoms with Crippen molar-refractivity contribution in [1.29, 1.82) is 0 Å². The maximum absolute atomic E-state index is 11.7. The highest BCUT2D eigenvalue weighted by molar-refractivity contribution is 5.79. The van der Waals surface area contributed by atoms with E-state index >= 15 is 0 Å². The van der Waals surface area contributed by atoms with Gasteiger partial charge in [0.25, 0.3) is 0 Å². The number of carbonyl (C=O) groups excluding carboxylic acids is 1. The van der Waals surface area contributed by atoms with Gasteiger partial charge in [0.15, 0.2) is 0 Å². The minimum atomic E-state index is -0.285. The predicted molar refractivity (Wildman–Crippen MR) is 70.1 cm³/mol. The van der Waals surface area contributed by atoms with E-state index in [2.05, 4.69) is 12.2 Å². The van der Waals surface area contributed by atoms with Gasteiger partial charge in [-0.15, -0.1) is 0 Å². The Morgan fingerprint density at radius 1 is 1.47 bits per heavy atom. The lowest BCUT2D eigenvalue weighted by molar-refractivity contribution is -0.142. The third-order valence-electron chi connectivity index (χ3n) is 3.01. The molecule has 0 aliphatic heterocycles. The summed E-state index contributed by atoms with van der Waals surface area (Å²) in [6.07, 6.45) is 0.929. The van der Waals surface area contributed by atoms with E-state index in [0.29, 0.717) is 0 Å². The molecule has 0 heterocycles. The molecule has 94 valence electrons. The maximum Gasteiger partial charge on any atom is 0.328 e. The number of esters is 1. The van der Waals surface area contributed by atoms with Crippen molar-refractivity contribution >= 4 is 11.7 Å². The van der Waals surface area contributed by atoms with E-state index in [0.717, 1.165) is 12.1 Å². The Morgan fingerprint density at radius 2 is 2.18 bits per heavy atom. The summed E-state index contributed by atoms with van der Waals surface area (Å²) in [5.74, 6) is 0.0313. The molecule has 3 nitrogen and oxygen atoms in total. The van der Waals surface area contributed by atoms with Crippen molar-refractivity contribution in [3.05, 3.63) is 29.8 Å². The number of carbonyl (C=O) groups is 1. The van der Waals surface area contributed by atoms with E-state index in [1.54, 1.807) is 0 Å². The Hall–Kier alpha value is -1.51. The molecule has 2 atom stereocenters. The van der Waals surface area contributed by atoms with Crippen LogP contribution in [0.1, 0.15) is 25.8 Å². The second-order valence-electron chi connectivity index (χ2n) is 4.40. The molecule has 1 N–H and O–H groups in total. The minimum Gasteiger partial charge on any atom is -0.467 e. The summed E-state index contributed by atoms with van der Waals surface area (Å²) in [6, 6.07) is 7.71. The fraction of sp³-hybridized carbons (Fsp3) is 0.500. The summed E-state index contributed by atoms with van der Waals surface area (Å²) >= 11 is 0. The number of anilines is 1. The lowest BCUT2D eigenvalue weighted by atomic mass is 9.99. The van der Waals surface area contributed by atoms with Gasteiger partial charge in [-0.05, 0) is 30.5 Å². The van der Waals surface area contributed by atoms with E-state index in [9.17, 15) is 4.79 Å². The van der Waals surface area contributed by atoms with Crippen LogP contribution in [0.3, 0.4) is 0 Å². The smallest absolute Gasteiger partial charge is 0.328 e. The lowest BCUT2D eigenvalue weighted by Gasteiger charge is -2.23. The van der Waals surface area contributed by atoms with Crippen molar-refractivity contribution < 1.29 is 9.53 Å². The molecule has 0 radical (unpaired) electrons. The SMILES string of the molecule is CCC(C)C(Nc1cccc(C)c1)C(=O)OC. The molecular formula is C14H21NO2. The third-order valence-corrected chi connectivity index (χ3v) is 3.01. The van der Waals surface area contributed by atoms with Gasteiger partial charge in [-0.1, -0.05) is 32.4 Å². The lowest BCUT2D eigenvalue weighted by Crippen LogP contribution is -2.36. The van der Waals surface area contributed by atoms with Gasteiger partial charge in [-0.3, -0.25) is 0 Å². The zero-order valence-corrected chi connectivity index (χ0v) is 11.0. The van der Waals surface area contributed by atoms with Gasteiger partial charge < -0.3 is 10.1 Å². The number of hydrogen-bond donors (Lipinski definition) is 1. The average molecular weight is 235 g/mol. The van der Waals surface area contributed by atoms with Crippen LogP contribution in [-0.2, 0) is 9.53 Å². The molecule has 0 aliphatic carbocycles. The standard InChI is InChI=1S/C14H21NO2/c1-5-11(3)13(14(16)17-4)15-12-8-6-7-10(2)9-12/h6-9,11,13,15H,5H2,1-4H3. The van der Waals surface area contributed by atoms with Crippen molar-refractivity contribution in [3.63, 3.8) is 0 Å². The molecule has 1 rings (SSSR count). The van der Waals surface area contributed by atoms with Crippen molar-refractivity contribution in [2.24, 2.45) is 5.92 Å². The van der Waals surface area contributed by atoms with Gasteiger partial charge in [0.2, 0.25) is 0 Å². The van der Waals surface area contributed by atoms with Crippen LogP contribution in [-0.4, -0.2) is 19.1 Å². The highest BCUT2D eigenvalue weighted by atomic mass is 16.5. The summed E-state index contributed by atoms with van der Waals surface area (Å²) in [5, 5.41) is 3.25. The number of benzene rings is 1. The topological polar surface area (TPSA) is 38.3 Å². The van der Waals surface area contributed by atoms with Crippen LogP contribution in [0, 0.1) is 12.8 Å². The normalized spacial score (nSPS) is 13.9. The Labute approximate surface area is 103 Å². The van der Waals surface area contributed by atoms with Crippen molar-refractivity contribution in [2.45, 2.75) is 33.2 Å². The Morgan fingerprint density at radius 3 is 2.71 bits per heavy atom. The highest BCUT2D eigenvalue weighted by Crippen LogP contribution is 2.17. The van der Waals surface area contributed by atoms with Gasteiger partial charge in [0.1, 0.15) is 6.04 Å². The average Bonchev–Trinajstić information content (AvgIpc) is 2.34. The molecule has 2 unspecified atom stereocenters. The molecule has 0 saturated carbocycles. The zero-order valence-electron chi connectivity index (χ0n) is 11.0. The highest BCUT2D eigenvalue weighted by Gasteiger charge is 2.24. The van der Waals surface area contributed by atoms with Crippen LogP contribution in [0.25, 0.3) is 0 Å². The van der Waals surface area contributed by atoms with Crippen LogP contribution in [0.15, 0.2) is 24.3 Å². The zero-order chi connectivity index (χ0) is 12.8. The summed E-state index contributed by atoms with van der Waals surface area (Å²) in [6.45, 7) is 6.14. The molecule has 0 aromatic heterocycles. The first-order valence-corrected chi connectivity index (χ1v) is 5.99. The number of ether oxygens (including phenoxy) is 1. The molecule has 0 spiro atoms. The van der Waals surface area contributed by atoms with Gasteiger partial charge in [0.05, 0.1) is 7.11 Å². The Bertz CT molecular complexity index is 376. The minimum absolute atomic E-state index is 0.208. The van der Waals surface area contributed by atoms with Crippen LogP contribution in [0.4, 0.5) is 5.69 Å². The van der Waals surface area contributed by atoms with Crippen LogP contribution >= 0.6 is 0 Å². The molecular weight excluding hydrogens is 214 g/mol. The summed E-state index contributed by atoms with van der Waals surface area (Å²) in [7, 11) is 1.43. The molecule has 17 heavy (non-hydrogen) atoms. The van der Waals surface area contributed by atoms with E-state index in [1.165, 1.54) is 12.7 Å². The maximum atomic E-state index is 11.7. The molecule has 1 aromatic rings. The van der Waals surface area contributed by atoms with Crippen LogP contribution in [0.2, 0.25) is 0 Å². The van der Waals surface area contributed by atoms with E-state index in [4.69, 9.17) is 4.74 Å². The van der Waals surface area contributed by atoms with Crippen LogP contribution < -0.4 is 5.32 Å². The Kier molecular flexibility index (Phi) is 5.01. The van der Waals surface area contributed by atoms with Crippen molar-refractivity contribution in [1.82, 2.24) is 0 Å². The van der Waals surface area contributed by atoms with Crippen LogP contribution in [0.5, 0.6) is 0 Å². The van der Waals surface area contributed by atoms with Crippen molar-refractivity contribution in [3.8, 4) is 0 Å². The number of aryl methyl sites for hydroxylation is 1. The van der Waals surface area contributed by atoms with Gasteiger partial charge in [-0.2, -0.15) is 0 Å². The first-order valence-electron chi connectivity index (χ1n) is 5.99. The monoisotopic (exact) mass is 235 g/mol. The summed E-state index contributed by atoms with van der Waals surface area (Å²) < 4.78 is 4.84. The number of hydrogen-bond acceptors (Lipinski definition) is 3. The van der Waals surface area contributed by atoms with E-state index in [-0.39, 0.29) is 17.9 Å². The Balaban J connectivity index is 2.82. The van der Waals surface area contributed by atoms with Gasteiger partial charge >= 0.3 is 5.97 Å². The second-order valence-corrected chi connectivity index (χ2v) is 4.40. The molecule has 0 aliphatic rings. The molecule has 0 bridgehead atoms. The fourth-order valence-corrected chi connectivity index (χ4v) is 1.71. The molecule has 3 heteroatoms. The number of rotatable bonds is 5. The predicted octanol–water partition coefficient (Wildman–Crippen LogP) is 2.99. The third kappa shape index (κ3) is 3.77. The van der Waals surface area contributed by atoms with E-state index < -0.39 is 0 Å². The second kappa shape index (κ2) is 6.28. The molecule has 0 saturated heterocycles. The first kappa shape index (κ1) is 13.6. The van der Waals surface area contributed by atoms with Gasteiger partial charge in [0, 0.05) is 5.69 Å². The summed E-state index contributed by atoms with van der Waals surface area (Å²) in [4.78, 5) is 11.7. The first-order chi connectivity index (χ1) is 8.08. The molecule has 0 amide bonds. The number of methoxy groups -OCH3 is 1. The quantitative estimate of drug-likeness (QED) is 0.797. The molecule has 1 aromatic carbocycles.